The van der Waals surface area contributed by atoms with Crippen molar-refractivity contribution in [2.24, 2.45) is 0 Å². The van der Waals surface area contributed by atoms with E-state index in [0.29, 0.717) is 30.2 Å². The summed E-state index contributed by atoms with van der Waals surface area (Å²) in [5, 5.41) is 7.35. The van der Waals surface area contributed by atoms with Gasteiger partial charge in [0.05, 0.1) is 19.7 Å². The fourth-order valence-corrected chi connectivity index (χ4v) is 3.25. The highest BCUT2D eigenvalue weighted by molar-refractivity contribution is 5.99. The molecule has 0 spiro atoms. The van der Waals surface area contributed by atoms with Crippen LogP contribution in [0.4, 0.5) is 5.82 Å². The predicted octanol–water partition coefficient (Wildman–Crippen LogP) is 4.02. The van der Waals surface area contributed by atoms with Gasteiger partial charge in [0.2, 0.25) is 0 Å². The summed E-state index contributed by atoms with van der Waals surface area (Å²) in [5.41, 5.74) is 4.90. The molecule has 1 amide bonds. The molecule has 0 aliphatic carbocycles. The summed E-state index contributed by atoms with van der Waals surface area (Å²) < 4.78 is 10.6. The molecule has 0 radical (unpaired) electrons. The van der Waals surface area contributed by atoms with Crippen LogP contribution >= 0.6 is 0 Å². The SMILES string of the molecule is COc1cccc(OC)c1C(=O)NCCNc1nc2cc(C)c(C)cc2cc1C. The smallest absolute Gasteiger partial charge is 0.258 e. The van der Waals surface area contributed by atoms with Gasteiger partial charge in [-0.15, -0.1) is 0 Å². The lowest BCUT2D eigenvalue weighted by atomic mass is 10.1. The molecule has 0 atom stereocenters. The Hall–Kier alpha value is -3.28. The van der Waals surface area contributed by atoms with Crippen LogP contribution in [0.25, 0.3) is 10.9 Å². The summed E-state index contributed by atoms with van der Waals surface area (Å²) in [6.45, 7) is 7.21. The zero-order valence-electron chi connectivity index (χ0n) is 17.6. The Kier molecular flexibility index (Phi) is 6.22. The fraction of sp³-hybridized carbons (Fsp3) is 0.304. The molecule has 0 fully saturated rings. The van der Waals surface area contributed by atoms with Crippen LogP contribution in [0.5, 0.6) is 11.5 Å². The maximum absolute atomic E-state index is 12.6. The van der Waals surface area contributed by atoms with Gasteiger partial charge in [0.1, 0.15) is 22.9 Å². The van der Waals surface area contributed by atoms with Gasteiger partial charge in [-0.05, 0) is 67.8 Å². The minimum atomic E-state index is -0.240. The van der Waals surface area contributed by atoms with Crippen LogP contribution in [0, 0.1) is 20.8 Å². The Morgan fingerprint density at radius 2 is 1.55 bits per heavy atom. The van der Waals surface area contributed by atoms with E-state index in [2.05, 4.69) is 42.7 Å². The third-order valence-corrected chi connectivity index (χ3v) is 4.98. The molecule has 2 aromatic carbocycles. The Labute approximate surface area is 171 Å². The van der Waals surface area contributed by atoms with Crippen molar-refractivity contribution in [3.05, 3.63) is 58.7 Å². The van der Waals surface area contributed by atoms with Crippen molar-refractivity contribution in [3.8, 4) is 11.5 Å². The number of methoxy groups -OCH3 is 2. The van der Waals surface area contributed by atoms with Gasteiger partial charge < -0.3 is 20.1 Å². The monoisotopic (exact) mass is 393 g/mol. The van der Waals surface area contributed by atoms with Gasteiger partial charge in [0, 0.05) is 18.5 Å². The van der Waals surface area contributed by atoms with Gasteiger partial charge in [-0.2, -0.15) is 0 Å². The number of benzene rings is 2. The molecule has 0 saturated heterocycles. The third kappa shape index (κ3) is 4.42. The first-order chi connectivity index (χ1) is 13.9. The second kappa shape index (κ2) is 8.82. The van der Waals surface area contributed by atoms with Gasteiger partial charge >= 0.3 is 0 Å². The summed E-state index contributed by atoms with van der Waals surface area (Å²) in [5.74, 6) is 1.54. The molecule has 0 bridgehead atoms. The highest BCUT2D eigenvalue weighted by Gasteiger charge is 2.17. The summed E-state index contributed by atoms with van der Waals surface area (Å²) >= 11 is 0. The highest BCUT2D eigenvalue weighted by atomic mass is 16.5. The third-order valence-electron chi connectivity index (χ3n) is 4.98. The number of aromatic nitrogens is 1. The molecule has 3 rings (SSSR count). The van der Waals surface area contributed by atoms with E-state index in [1.54, 1.807) is 18.2 Å². The maximum Gasteiger partial charge on any atom is 0.258 e. The topological polar surface area (TPSA) is 72.5 Å². The molecule has 0 saturated carbocycles. The van der Waals surface area contributed by atoms with Crippen molar-refractivity contribution in [3.63, 3.8) is 0 Å². The largest absolute Gasteiger partial charge is 0.496 e. The number of anilines is 1. The minimum Gasteiger partial charge on any atom is -0.496 e. The molecular weight excluding hydrogens is 366 g/mol. The normalized spacial score (nSPS) is 10.7. The Bertz CT molecular complexity index is 1020. The number of carbonyl (C=O) groups is 1. The molecule has 3 aromatic rings. The zero-order chi connectivity index (χ0) is 21.0. The summed E-state index contributed by atoms with van der Waals surface area (Å²) in [7, 11) is 3.06. The van der Waals surface area contributed by atoms with Crippen LogP contribution in [-0.2, 0) is 0 Å². The van der Waals surface area contributed by atoms with E-state index in [1.165, 1.54) is 25.3 Å². The number of pyridine rings is 1. The number of rotatable bonds is 7. The van der Waals surface area contributed by atoms with E-state index in [-0.39, 0.29) is 5.91 Å². The number of hydrogen-bond donors (Lipinski definition) is 2. The van der Waals surface area contributed by atoms with Gasteiger partial charge in [0.15, 0.2) is 0 Å². The van der Waals surface area contributed by atoms with E-state index >= 15 is 0 Å². The second-order valence-electron chi connectivity index (χ2n) is 7.00. The van der Waals surface area contributed by atoms with Gasteiger partial charge in [-0.1, -0.05) is 6.07 Å². The first-order valence-corrected chi connectivity index (χ1v) is 9.56. The van der Waals surface area contributed by atoms with Crippen molar-refractivity contribution >= 4 is 22.6 Å². The quantitative estimate of drug-likeness (QED) is 0.593. The number of amides is 1. The van der Waals surface area contributed by atoms with Crippen LogP contribution in [0.15, 0.2) is 36.4 Å². The van der Waals surface area contributed by atoms with Gasteiger partial charge in [-0.25, -0.2) is 4.98 Å². The lowest BCUT2D eigenvalue weighted by molar-refractivity contribution is 0.0949. The number of fused-ring (bicyclic) bond motifs is 1. The average Bonchev–Trinajstić information content (AvgIpc) is 2.72. The van der Waals surface area contributed by atoms with Crippen LogP contribution in [0.2, 0.25) is 0 Å². The predicted molar refractivity (Wildman–Crippen MR) is 116 cm³/mol. The highest BCUT2D eigenvalue weighted by Crippen LogP contribution is 2.28. The number of nitrogens with zero attached hydrogens (tertiary/aromatic N) is 1. The zero-order valence-corrected chi connectivity index (χ0v) is 17.6. The summed E-state index contributed by atoms with van der Waals surface area (Å²) in [6.07, 6.45) is 0. The number of carbonyl (C=O) groups excluding carboxylic acids is 1. The number of nitrogens with one attached hydrogen (secondary N) is 2. The molecule has 29 heavy (non-hydrogen) atoms. The molecule has 152 valence electrons. The van der Waals surface area contributed by atoms with Crippen LogP contribution < -0.4 is 20.1 Å². The molecule has 6 nitrogen and oxygen atoms in total. The molecule has 0 aliphatic heterocycles. The van der Waals surface area contributed by atoms with Crippen molar-refractivity contribution in [1.29, 1.82) is 0 Å². The molecule has 0 aliphatic rings. The maximum atomic E-state index is 12.6. The second-order valence-corrected chi connectivity index (χ2v) is 7.00. The molecule has 6 heteroatoms. The Morgan fingerprint density at radius 1 is 0.931 bits per heavy atom. The van der Waals surface area contributed by atoms with Crippen molar-refractivity contribution in [1.82, 2.24) is 10.3 Å². The van der Waals surface area contributed by atoms with Crippen LogP contribution in [-0.4, -0.2) is 38.2 Å². The van der Waals surface area contributed by atoms with Crippen molar-refractivity contribution in [2.45, 2.75) is 20.8 Å². The van der Waals surface area contributed by atoms with Crippen molar-refractivity contribution in [2.75, 3.05) is 32.6 Å². The molecule has 1 heterocycles. The van der Waals surface area contributed by atoms with Crippen molar-refractivity contribution < 1.29 is 14.3 Å². The molecule has 0 unspecified atom stereocenters. The Balaban J connectivity index is 1.66. The van der Waals surface area contributed by atoms with E-state index < -0.39 is 0 Å². The van der Waals surface area contributed by atoms with Crippen LogP contribution in [0.1, 0.15) is 27.0 Å². The average molecular weight is 393 g/mol. The lowest BCUT2D eigenvalue weighted by Gasteiger charge is -2.14. The molecule has 1 aromatic heterocycles. The summed E-state index contributed by atoms with van der Waals surface area (Å²) in [6, 6.07) is 11.7. The fourth-order valence-electron chi connectivity index (χ4n) is 3.25. The van der Waals surface area contributed by atoms with E-state index in [0.717, 1.165) is 22.3 Å². The van der Waals surface area contributed by atoms with E-state index in [9.17, 15) is 4.79 Å². The van der Waals surface area contributed by atoms with E-state index in [1.807, 2.05) is 6.92 Å². The summed E-state index contributed by atoms with van der Waals surface area (Å²) in [4.78, 5) is 17.4. The Morgan fingerprint density at radius 3 is 2.21 bits per heavy atom. The standard InChI is InChI=1S/C23H27N3O3/c1-14-11-17-12-16(3)22(26-18(17)13-15(14)2)24-9-10-25-23(27)21-19(28-4)7-6-8-20(21)29-5/h6-8,11-13H,9-10H2,1-5H3,(H,24,26)(H,25,27). The number of hydrogen-bond acceptors (Lipinski definition) is 5. The first kappa shape index (κ1) is 20.5. The van der Waals surface area contributed by atoms with Gasteiger partial charge in [0.25, 0.3) is 5.91 Å². The first-order valence-electron chi connectivity index (χ1n) is 9.56. The van der Waals surface area contributed by atoms with Crippen LogP contribution in [0.3, 0.4) is 0 Å². The van der Waals surface area contributed by atoms with Gasteiger partial charge in [-0.3, -0.25) is 4.79 Å². The molecule has 2 N–H and O–H groups in total. The lowest BCUT2D eigenvalue weighted by Crippen LogP contribution is -2.29. The minimum absolute atomic E-state index is 0.240. The van der Waals surface area contributed by atoms with E-state index in [4.69, 9.17) is 14.5 Å². The molecular formula is C23H27N3O3. The number of aryl methyl sites for hydroxylation is 3. The number of ether oxygens (including phenoxy) is 2.